The summed E-state index contributed by atoms with van der Waals surface area (Å²) in [6.45, 7) is 0. The maximum absolute atomic E-state index is 4.75. The van der Waals surface area contributed by atoms with Gasteiger partial charge in [-0.3, -0.25) is 0 Å². The summed E-state index contributed by atoms with van der Waals surface area (Å²) in [5.74, 6) is 0.650. The van der Waals surface area contributed by atoms with Crippen LogP contribution < -0.4 is 0 Å². The molecule has 110 valence electrons. The highest BCUT2D eigenvalue weighted by Crippen LogP contribution is 2.25. The largest absolute Gasteiger partial charge is 0.244 e. The fourth-order valence-electron chi connectivity index (χ4n) is 2.47. The van der Waals surface area contributed by atoms with Crippen LogP contribution in [-0.4, -0.2) is 15.0 Å². The van der Waals surface area contributed by atoms with Crippen molar-refractivity contribution in [2.24, 2.45) is 0 Å². The lowest BCUT2D eigenvalue weighted by Crippen LogP contribution is -1.94. The van der Waals surface area contributed by atoms with Gasteiger partial charge < -0.3 is 0 Å². The number of aromatic nitrogens is 3. The Bertz CT molecular complexity index is 998. The average molecular weight is 409 g/mol. The van der Waals surface area contributed by atoms with E-state index in [0.29, 0.717) is 5.82 Å². The van der Waals surface area contributed by atoms with Gasteiger partial charge in [0.05, 0.1) is 11.2 Å². The molecule has 0 radical (unpaired) electrons. The molecule has 0 amide bonds. The number of nitrogens with zero attached hydrogens (tertiary/aromatic N) is 3. The first kappa shape index (κ1) is 14.3. The average Bonchev–Trinajstić information content (AvgIpc) is 2.62. The van der Waals surface area contributed by atoms with Crippen molar-refractivity contribution in [1.29, 1.82) is 0 Å². The standard InChI is InChI=1S/C19H12IN3/c20-15-8-3-2-7-14(15)17-10-5-11-18(22-17)19-21-12-13-6-1-4-9-16(13)23-19/h1-12H. The molecule has 0 saturated carbocycles. The number of pyridine rings is 1. The molecule has 4 rings (SSSR count). The van der Waals surface area contributed by atoms with Crippen LogP contribution in [0.4, 0.5) is 0 Å². The second kappa shape index (κ2) is 6.04. The van der Waals surface area contributed by atoms with Crippen LogP contribution in [0, 0.1) is 3.57 Å². The Morgan fingerprint density at radius 2 is 1.48 bits per heavy atom. The second-order valence-corrected chi connectivity index (χ2v) is 6.30. The van der Waals surface area contributed by atoms with E-state index < -0.39 is 0 Å². The maximum atomic E-state index is 4.75. The van der Waals surface area contributed by atoms with E-state index in [0.717, 1.165) is 27.9 Å². The van der Waals surface area contributed by atoms with E-state index in [-0.39, 0.29) is 0 Å². The number of para-hydroxylation sites is 1. The van der Waals surface area contributed by atoms with Gasteiger partial charge in [-0.15, -0.1) is 0 Å². The maximum Gasteiger partial charge on any atom is 0.178 e. The topological polar surface area (TPSA) is 38.7 Å². The Morgan fingerprint density at radius 3 is 2.39 bits per heavy atom. The van der Waals surface area contributed by atoms with Gasteiger partial charge in [-0.2, -0.15) is 0 Å². The molecule has 0 N–H and O–H groups in total. The lowest BCUT2D eigenvalue weighted by Gasteiger charge is -2.06. The zero-order chi connectivity index (χ0) is 15.6. The minimum atomic E-state index is 0.650. The van der Waals surface area contributed by atoms with Crippen LogP contribution in [0.5, 0.6) is 0 Å². The first-order chi connectivity index (χ1) is 11.3. The summed E-state index contributed by atoms with van der Waals surface area (Å²) in [6, 6.07) is 22.1. The van der Waals surface area contributed by atoms with Gasteiger partial charge in [-0.05, 0) is 46.9 Å². The summed E-state index contributed by atoms with van der Waals surface area (Å²) in [7, 11) is 0. The van der Waals surface area contributed by atoms with E-state index in [2.05, 4.69) is 44.7 Å². The lowest BCUT2D eigenvalue weighted by molar-refractivity contribution is 1.18. The highest BCUT2D eigenvalue weighted by atomic mass is 127. The van der Waals surface area contributed by atoms with E-state index in [9.17, 15) is 0 Å². The third-order valence-electron chi connectivity index (χ3n) is 3.62. The number of rotatable bonds is 2. The molecule has 0 saturated heterocycles. The molecule has 2 aromatic heterocycles. The Morgan fingerprint density at radius 1 is 0.696 bits per heavy atom. The van der Waals surface area contributed by atoms with Crippen molar-refractivity contribution in [3.05, 3.63) is 76.5 Å². The molecule has 2 heterocycles. The highest BCUT2D eigenvalue weighted by Gasteiger charge is 2.08. The first-order valence-electron chi connectivity index (χ1n) is 7.25. The Balaban J connectivity index is 1.83. The quantitative estimate of drug-likeness (QED) is 0.439. The minimum Gasteiger partial charge on any atom is -0.244 e. The van der Waals surface area contributed by atoms with Crippen LogP contribution in [0.2, 0.25) is 0 Å². The SMILES string of the molecule is Ic1ccccc1-c1cccc(-c2ncc3ccccc3n2)n1. The number of halogens is 1. The molecule has 4 heteroatoms. The van der Waals surface area contributed by atoms with Gasteiger partial charge in [-0.1, -0.05) is 42.5 Å². The van der Waals surface area contributed by atoms with Gasteiger partial charge in [0.15, 0.2) is 5.82 Å². The van der Waals surface area contributed by atoms with Crippen LogP contribution in [0.25, 0.3) is 33.7 Å². The molecule has 3 nitrogen and oxygen atoms in total. The van der Waals surface area contributed by atoms with Crippen LogP contribution in [0.15, 0.2) is 72.9 Å². The van der Waals surface area contributed by atoms with Crippen LogP contribution in [-0.2, 0) is 0 Å². The number of fused-ring (bicyclic) bond motifs is 1. The summed E-state index contributed by atoms with van der Waals surface area (Å²) in [5.41, 5.74) is 3.77. The van der Waals surface area contributed by atoms with E-state index in [1.807, 2.05) is 60.8 Å². The fraction of sp³-hybridized carbons (Fsp3) is 0. The van der Waals surface area contributed by atoms with E-state index >= 15 is 0 Å². The van der Waals surface area contributed by atoms with Gasteiger partial charge in [0, 0.05) is 20.7 Å². The Labute approximate surface area is 147 Å². The molecule has 4 aromatic rings. The summed E-state index contributed by atoms with van der Waals surface area (Å²) < 4.78 is 1.18. The number of benzene rings is 2. The van der Waals surface area contributed by atoms with Gasteiger partial charge in [0.25, 0.3) is 0 Å². The molecule has 0 atom stereocenters. The normalized spacial score (nSPS) is 10.8. The van der Waals surface area contributed by atoms with E-state index in [1.165, 1.54) is 3.57 Å². The minimum absolute atomic E-state index is 0.650. The molecule has 0 aliphatic carbocycles. The highest BCUT2D eigenvalue weighted by molar-refractivity contribution is 14.1. The van der Waals surface area contributed by atoms with Gasteiger partial charge in [-0.25, -0.2) is 15.0 Å². The smallest absolute Gasteiger partial charge is 0.178 e. The van der Waals surface area contributed by atoms with Crippen molar-refractivity contribution >= 4 is 33.5 Å². The third kappa shape index (κ3) is 2.82. The van der Waals surface area contributed by atoms with Crippen molar-refractivity contribution in [3.8, 4) is 22.8 Å². The molecule has 2 aromatic carbocycles. The van der Waals surface area contributed by atoms with Crippen molar-refractivity contribution in [2.75, 3.05) is 0 Å². The predicted molar refractivity (Wildman–Crippen MR) is 101 cm³/mol. The van der Waals surface area contributed by atoms with Crippen LogP contribution in [0.1, 0.15) is 0 Å². The zero-order valence-electron chi connectivity index (χ0n) is 12.1. The summed E-state index contributed by atoms with van der Waals surface area (Å²) in [6.07, 6.45) is 1.85. The van der Waals surface area contributed by atoms with Gasteiger partial charge >= 0.3 is 0 Å². The zero-order valence-corrected chi connectivity index (χ0v) is 14.3. The monoisotopic (exact) mass is 409 g/mol. The van der Waals surface area contributed by atoms with Gasteiger partial charge in [0.2, 0.25) is 0 Å². The fourth-order valence-corrected chi connectivity index (χ4v) is 3.14. The van der Waals surface area contributed by atoms with Crippen molar-refractivity contribution in [3.63, 3.8) is 0 Å². The lowest BCUT2D eigenvalue weighted by atomic mass is 10.1. The molecule has 0 aliphatic rings. The molecule has 0 unspecified atom stereocenters. The molecule has 0 aliphatic heterocycles. The third-order valence-corrected chi connectivity index (χ3v) is 4.56. The molecular formula is C19H12IN3. The summed E-state index contributed by atoms with van der Waals surface area (Å²) >= 11 is 2.33. The number of hydrogen-bond acceptors (Lipinski definition) is 3. The van der Waals surface area contributed by atoms with Crippen LogP contribution in [0.3, 0.4) is 0 Å². The molecule has 23 heavy (non-hydrogen) atoms. The molecular weight excluding hydrogens is 397 g/mol. The van der Waals surface area contributed by atoms with Crippen molar-refractivity contribution < 1.29 is 0 Å². The van der Waals surface area contributed by atoms with Crippen molar-refractivity contribution in [2.45, 2.75) is 0 Å². The van der Waals surface area contributed by atoms with E-state index in [4.69, 9.17) is 4.98 Å². The first-order valence-corrected chi connectivity index (χ1v) is 8.33. The summed E-state index contributed by atoms with van der Waals surface area (Å²) in [5, 5.41) is 1.03. The predicted octanol–water partition coefficient (Wildman–Crippen LogP) is 4.96. The second-order valence-electron chi connectivity index (χ2n) is 5.14. The molecule has 0 spiro atoms. The molecule has 0 bridgehead atoms. The van der Waals surface area contributed by atoms with E-state index in [1.54, 1.807) is 0 Å². The van der Waals surface area contributed by atoms with Crippen molar-refractivity contribution in [1.82, 2.24) is 15.0 Å². The Hall–Kier alpha value is -2.34. The Kier molecular flexibility index (Phi) is 3.75. The van der Waals surface area contributed by atoms with Crippen LogP contribution >= 0.6 is 22.6 Å². The van der Waals surface area contributed by atoms with Gasteiger partial charge in [0.1, 0.15) is 5.69 Å². The molecule has 0 fully saturated rings. The summed E-state index contributed by atoms with van der Waals surface area (Å²) in [4.78, 5) is 13.8. The number of hydrogen-bond donors (Lipinski definition) is 0.